The van der Waals surface area contributed by atoms with Gasteiger partial charge < -0.3 is 30.7 Å². The van der Waals surface area contributed by atoms with E-state index in [0.29, 0.717) is 12.3 Å². The maximum atomic E-state index is 13.3. The highest BCUT2D eigenvalue weighted by atomic mass is 32.2. The SMILES string of the molecule is COc1ccccc1CNC(=O)NC(C)C(O)C(=O)N1CSC(C)(C)C1C(=O)NCc1ccccc1C. The lowest BCUT2D eigenvalue weighted by molar-refractivity contribution is -0.147. The van der Waals surface area contributed by atoms with E-state index < -0.39 is 34.9 Å². The summed E-state index contributed by atoms with van der Waals surface area (Å²) < 4.78 is 4.74. The van der Waals surface area contributed by atoms with Crippen molar-refractivity contribution in [3.05, 3.63) is 65.2 Å². The number of urea groups is 1. The predicted molar refractivity (Wildman–Crippen MR) is 144 cm³/mol. The molecule has 3 unspecified atom stereocenters. The summed E-state index contributed by atoms with van der Waals surface area (Å²) in [5.41, 5.74) is 2.85. The van der Waals surface area contributed by atoms with Crippen molar-refractivity contribution in [3.63, 3.8) is 0 Å². The number of rotatable bonds is 9. The van der Waals surface area contributed by atoms with Crippen LogP contribution in [0.1, 0.15) is 37.5 Å². The number of ether oxygens (including phenoxy) is 1. The molecule has 0 bridgehead atoms. The molecule has 3 rings (SSSR count). The molecule has 4 N–H and O–H groups in total. The minimum atomic E-state index is -1.52. The Kier molecular flexibility index (Phi) is 9.45. The summed E-state index contributed by atoms with van der Waals surface area (Å²) in [7, 11) is 1.55. The number of hydrogen-bond acceptors (Lipinski definition) is 6. The van der Waals surface area contributed by atoms with Crippen molar-refractivity contribution >= 4 is 29.6 Å². The molecule has 1 aliphatic rings. The first-order valence-corrected chi connectivity index (χ1v) is 13.1. The van der Waals surface area contributed by atoms with Crippen LogP contribution in [0.25, 0.3) is 0 Å². The van der Waals surface area contributed by atoms with Crippen LogP contribution in [0.15, 0.2) is 48.5 Å². The van der Waals surface area contributed by atoms with E-state index in [-0.39, 0.29) is 18.3 Å². The molecule has 0 saturated carbocycles. The lowest BCUT2D eigenvalue weighted by Gasteiger charge is -2.32. The van der Waals surface area contributed by atoms with Gasteiger partial charge >= 0.3 is 6.03 Å². The van der Waals surface area contributed by atoms with Crippen molar-refractivity contribution in [2.45, 2.75) is 63.7 Å². The number of nitrogens with one attached hydrogen (secondary N) is 3. The zero-order valence-corrected chi connectivity index (χ0v) is 22.7. The van der Waals surface area contributed by atoms with Crippen LogP contribution in [-0.4, -0.2) is 63.8 Å². The van der Waals surface area contributed by atoms with Gasteiger partial charge in [0.1, 0.15) is 11.8 Å². The molecule has 0 aliphatic carbocycles. The van der Waals surface area contributed by atoms with Crippen LogP contribution in [0.5, 0.6) is 5.75 Å². The Balaban J connectivity index is 1.59. The van der Waals surface area contributed by atoms with Crippen molar-refractivity contribution in [2.24, 2.45) is 0 Å². The van der Waals surface area contributed by atoms with E-state index in [4.69, 9.17) is 4.74 Å². The third-order valence-corrected chi connectivity index (χ3v) is 7.88. The number of para-hydroxylation sites is 1. The van der Waals surface area contributed by atoms with Crippen LogP contribution in [0.3, 0.4) is 0 Å². The van der Waals surface area contributed by atoms with E-state index in [1.807, 2.05) is 63.2 Å². The van der Waals surface area contributed by atoms with Crippen LogP contribution < -0.4 is 20.7 Å². The van der Waals surface area contributed by atoms with E-state index >= 15 is 0 Å². The molecule has 0 spiro atoms. The van der Waals surface area contributed by atoms with Gasteiger partial charge in [-0.2, -0.15) is 0 Å². The number of carbonyl (C=O) groups excluding carboxylic acids is 3. The second-order valence-corrected chi connectivity index (χ2v) is 11.2. The van der Waals surface area contributed by atoms with Crippen molar-refractivity contribution in [1.82, 2.24) is 20.9 Å². The lowest BCUT2D eigenvalue weighted by atomic mass is 9.99. The summed E-state index contributed by atoms with van der Waals surface area (Å²) in [5, 5.41) is 19.1. The maximum absolute atomic E-state index is 13.3. The molecule has 37 heavy (non-hydrogen) atoms. The normalized spacial score (nSPS) is 18.0. The fourth-order valence-electron chi connectivity index (χ4n) is 4.25. The molecule has 1 fully saturated rings. The van der Waals surface area contributed by atoms with E-state index in [1.165, 1.54) is 16.7 Å². The maximum Gasteiger partial charge on any atom is 0.315 e. The number of methoxy groups -OCH3 is 1. The highest BCUT2D eigenvalue weighted by molar-refractivity contribution is 8.00. The minimum Gasteiger partial charge on any atom is -0.496 e. The smallest absolute Gasteiger partial charge is 0.315 e. The summed E-state index contributed by atoms with van der Waals surface area (Å²) in [4.78, 5) is 40.3. The first-order valence-electron chi connectivity index (χ1n) is 12.2. The average Bonchev–Trinajstić information content (AvgIpc) is 3.20. The third kappa shape index (κ3) is 6.95. The highest BCUT2D eigenvalue weighted by Gasteiger charge is 2.49. The first-order chi connectivity index (χ1) is 17.5. The molecule has 1 heterocycles. The second-order valence-electron chi connectivity index (χ2n) is 9.60. The van der Waals surface area contributed by atoms with E-state index in [1.54, 1.807) is 20.1 Å². The van der Waals surface area contributed by atoms with Crippen LogP contribution in [-0.2, 0) is 22.7 Å². The third-order valence-electron chi connectivity index (χ3n) is 6.51. The van der Waals surface area contributed by atoms with Crippen LogP contribution >= 0.6 is 11.8 Å². The monoisotopic (exact) mass is 528 g/mol. The molecule has 4 amide bonds. The molecule has 1 saturated heterocycles. The van der Waals surface area contributed by atoms with E-state index in [2.05, 4.69) is 16.0 Å². The van der Waals surface area contributed by atoms with E-state index in [0.717, 1.165) is 16.7 Å². The van der Waals surface area contributed by atoms with Crippen LogP contribution in [0.4, 0.5) is 4.79 Å². The second kappa shape index (κ2) is 12.3. The Labute approximate surface area is 222 Å². The summed E-state index contributed by atoms with van der Waals surface area (Å²) in [6, 6.07) is 12.9. The zero-order chi connectivity index (χ0) is 27.2. The molecule has 3 atom stereocenters. The van der Waals surface area contributed by atoms with E-state index in [9.17, 15) is 19.5 Å². The average molecular weight is 529 g/mol. The van der Waals surface area contributed by atoms with Crippen LogP contribution in [0, 0.1) is 6.92 Å². The molecule has 1 aliphatic heterocycles. The first kappa shape index (κ1) is 28.3. The number of hydrogen-bond donors (Lipinski definition) is 4. The number of benzene rings is 2. The number of amides is 4. The molecular weight excluding hydrogens is 492 g/mol. The van der Waals surface area contributed by atoms with Gasteiger partial charge in [0.2, 0.25) is 5.91 Å². The summed E-state index contributed by atoms with van der Waals surface area (Å²) in [5.74, 6) is 0.0190. The van der Waals surface area contributed by atoms with Gasteiger partial charge in [-0.3, -0.25) is 9.59 Å². The Bertz CT molecular complexity index is 1130. The minimum absolute atomic E-state index is 0.215. The predicted octanol–water partition coefficient (Wildman–Crippen LogP) is 2.55. The topological polar surface area (TPSA) is 120 Å². The van der Waals surface area contributed by atoms with Gasteiger partial charge in [0.15, 0.2) is 6.10 Å². The van der Waals surface area contributed by atoms with Crippen molar-refractivity contribution in [1.29, 1.82) is 0 Å². The zero-order valence-electron chi connectivity index (χ0n) is 21.9. The van der Waals surface area contributed by atoms with Crippen molar-refractivity contribution in [3.8, 4) is 5.75 Å². The molecule has 0 radical (unpaired) electrons. The molecule has 0 aromatic heterocycles. The molecule has 9 nitrogen and oxygen atoms in total. The number of thioether (sulfide) groups is 1. The number of aliphatic hydroxyl groups excluding tert-OH is 1. The lowest BCUT2D eigenvalue weighted by Crippen LogP contribution is -2.58. The molecule has 200 valence electrons. The summed E-state index contributed by atoms with van der Waals surface area (Å²) in [6.07, 6.45) is -1.52. The molecule has 2 aromatic carbocycles. The Morgan fingerprint density at radius 1 is 1.08 bits per heavy atom. The number of carbonyl (C=O) groups is 3. The molecule has 2 aromatic rings. The highest BCUT2D eigenvalue weighted by Crippen LogP contribution is 2.39. The standard InChI is InChI=1S/C27H36N4O5S/c1-17-10-6-7-11-19(17)14-28-24(33)23-27(3,4)37-16-31(23)25(34)22(32)18(2)30-26(35)29-15-20-12-8-9-13-21(20)36-5/h6-13,18,22-23,32H,14-16H2,1-5H3,(H,28,33)(H2,29,30,35). The van der Waals surface area contributed by atoms with Gasteiger partial charge in [0, 0.05) is 23.4 Å². The molecular formula is C27H36N4O5S. The van der Waals surface area contributed by atoms with Crippen molar-refractivity contribution < 1.29 is 24.2 Å². The number of nitrogens with zero attached hydrogens (tertiary/aromatic N) is 1. The fourth-order valence-corrected chi connectivity index (χ4v) is 5.39. The van der Waals surface area contributed by atoms with Gasteiger partial charge in [0.05, 0.1) is 19.0 Å². The fraction of sp³-hybridized carbons (Fsp3) is 0.444. The Morgan fingerprint density at radius 2 is 1.70 bits per heavy atom. The molecule has 10 heteroatoms. The number of aliphatic hydroxyl groups is 1. The Morgan fingerprint density at radius 3 is 2.38 bits per heavy atom. The van der Waals surface area contributed by atoms with Gasteiger partial charge in [0.25, 0.3) is 5.91 Å². The summed E-state index contributed by atoms with van der Waals surface area (Å²) in [6.45, 7) is 7.89. The van der Waals surface area contributed by atoms with Gasteiger partial charge in [-0.15, -0.1) is 11.8 Å². The van der Waals surface area contributed by atoms with Crippen molar-refractivity contribution in [2.75, 3.05) is 13.0 Å². The Hall–Kier alpha value is -3.24. The quantitative estimate of drug-likeness (QED) is 0.397. The van der Waals surface area contributed by atoms with Gasteiger partial charge in [-0.25, -0.2) is 4.79 Å². The van der Waals surface area contributed by atoms with Crippen LogP contribution in [0.2, 0.25) is 0 Å². The number of aryl methyl sites for hydroxylation is 1. The largest absolute Gasteiger partial charge is 0.496 e. The van der Waals surface area contributed by atoms with Gasteiger partial charge in [-0.1, -0.05) is 42.5 Å². The summed E-state index contributed by atoms with van der Waals surface area (Å²) >= 11 is 1.47. The van der Waals surface area contributed by atoms with Gasteiger partial charge in [-0.05, 0) is 44.9 Å².